The first-order chi connectivity index (χ1) is 15.7. The van der Waals surface area contributed by atoms with Crippen molar-refractivity contribution >= 4 is 32.8 Å². The molecule has 1 amide bonds. The molecule has 1 N–H and O–H groups in total. The van der Waals surface area contributed by atoms with Gasteiger partial charge in [-0.15, -0.1) is 0 Å². The van der Waals surface area contributed by atoms with Crippen LogP contribution in [0, 0.1) is 13.8 Å². The Morgan fingerprint density at radius 2 is 1.67 bits per heavy atom. The van der Waals surface area contributed by atoms with Gasteiger partial charge in [-0.2, -0.15) is 4.31 Å². The van der Waals surface area contributed by atoms with E-state index in [-0.39, 0.29) is 42.7 Å². The van der Waals surface area contributed by atoms with Crippen molar-refractivity contribution in [1.82, 2.24) is 14.2 Å². The zero-order valence-corrected chi connectivity index (χ0v) is 19.7. The van der Waals surface area contributed by atoms with E-state index in [2.05, 4.69) is 4.98 Å². The van der Waals surface area contributed by atoms with Gasteiger partial charge >= 0.3 is 5.97 Å². The van der Waals surface area contributed by atoms with E-state index in [0.29, 0.717) is 0 Å². The molecule has 1 aliphatic heterocycles. The third kappa shape index (κ3) is 4.65. The Bertz CT molecular complexity index is 1290. The van der Waals surface area contributed by atoms with Crippen LogP contribution in [0.1, 0.15) is 28.5 Å². The molecule has 0 unspecified atom stereocenters. The predicted octanol–water partition coefficient (Wildman–Crippen LogP) is 2.86. The van der Waals surface area contributed by atoms with Gasteiger partial charge in [-0.3, -0.25) is 4.79 Å². The first-order valence-electron chi connectivity index (χ1n) is 10.8. The number of rotatable bonds is 5. The maximum absolute atomic E-state index is 12.8. The molecule has 2 aromatic carbocycles. The van der Waals surface area contributed by atoms with E-state index in [4.69, 9.17) is 4.74 Å². The number of benzene rings is 2. The molecule has 0 spiro atoms. The summed E-state index contributed by atoms with van der Waals surface area (Å²) in [5, 5.41) is 0.933. The number of H-pyrrole nitrogens is 1. The second-order valence-corrected chi connectivity index (χ2v) is 10.3. The summed E-state index contributed by atoms with van der Waals surface area (Å²) in [7, 11) is -3.60. The molecule has 3 aromatic rings. The lowest BCUT2D eigenvalue weighted by atomic mass is 10.1. The number of hydrogen-bond acceptors (Lipinski definition) is 5. The molecule has 33 heavy (non-hydrogen) atoms. The standard InChI is InChI=1S/C24H27N3O5S/c1-16-13-17(2)20-15-22(25-21(20)14-16)24(29)32-18(3)23(28)26-9-11-27(12-10-26)33(30,31)19-7-5-4-6-8-19/h4-8,13-15,18,25H,9-12H2,1-3H3/t18-/m0/s1. The third-order valence-corrected chi connectivity index (χ3v) is 7.78. The van der Waals surface area contributed by atoms with Crippen LogP contribution in [-0.4, -0.2) is 66.8 Å². The number of carbonyl (C=O) groups is 2. The summed E-state index contributed by atoms with van der Waals surface area (Å²) in [4.78, 5) is 30.3. The van der Waals surface area contributed by atoms with Gasteiger partial charge in [0.1, 0.15) is 5.69 Å². The van der Waals surface area contributed by atoms with Crippen LogP contribution >= 0.6 is 0 Å². The SMILES string of the molecule is Cc1cc(C)c2cc(C(=O)O[C@@H](C)C(=O)N3CCN(S(=O)(=O)c4ccccc4)CC3)[nH]c2c1. The summed E-state index contributed by atoms with van der Waals surface area (Å²) in [5.74, 6) is -0.947. The van der Waals surface area contributed by atoms with Gasteiger partial charge in [-0.1, -0.05) is 24.3 Å². The van der Waals surface area contributed by atoms with Gasteiger partial charge in [0.15, 0.2) is 6.10 Å². The smallest absolute Gasteiger partial charge is 0.355 e. The van der Waals surface area contributed by atoms with Crippen molar-refractivity contribution in [2.75, 3.05) is 26.2 Å². The second kappa shape index (κ2) is 8.99. The molecule has 4 rings (SSSR count). The summed E-state index contributed by atoms with van der Waals surface area (Å²) < 4.78 is 32.3. The Morgan fingerprint density at radius 1 is 1.00 bits per heavy atom. The molecule has 9 heteroatoms. The van der Waals surface area contributed by atoms with Gasteiger partial charge in [0, 0.05) is 37.1 Å². The lowest BCUT2D eigenvalue weighted by Crippen LogP contribution is -2.52. The molecule has 0 radical (unpaired) electrons. The zero-order valence-electron chi connectivity index (χ0n) is 18.9. The van der Waals surface area contributed by atoms with E-state index < -0.39 is 22.1 Å². The number of aromatic amines is 1. The van der Waals surface area contributed by atoms with Crippen molar-refractivity contribution in [3.05, 3.63) is 65.4 Å². The fraction of sp³-hybridized carbons (Fsp3) is 0.333. The molecular weight excluding hydrogens is 442 g/mol. The minimum absolute atomic E-state index is 0.185. The van der Waals surface area contributed by atoms with Crippen LogP contribution in [0.5, 0.6) is 0 Å². The highest BCUT2D eigenvalue weighted by Gasteiger charge is 2.32. The van der Waals surface area contributed by atoms with Gasteiger partial charge in [0.05, 0.1) is 4.90 Å². The van der Waals surface area contributed by atoms with Gasteiger partial charge in [0.25, 0.3) is 5.91 Å². The number of nitrogens with zero attached hydrogens (tertiary/aromatic N) is 2. The largest absolute Gasteiger partial charge is 0.448 e. The van der Waals surface area contributed by atoms with Crippen LogP contribution in [-0.2, 0) is 19.6 Å². The number of ether oxygens (including phenoxy) is 1. The van der Waals surface area contributed by atoms with Gasteiger partial charge in [0.2, 0.25) is 10.0 Å². The highest BCUT2D eigenvalue weighted by atomic mass is 32.2. The number of piperazine rings is 1. The van der Waals surface area contributed by atoms with Crippen LogP contribution in [0.2, 0.25) is 0 Å². The van der Waals surface area contributed by atoms with Gasteiger partial charge in [-0.05, 0) is 56.2 Å². The Kier molecular flexibility index (Phi) is 6.27. The number of esters is 1. The van der Waals surface area contributed by atoms with Gasteiger partial charge in [-0.25, -0.2) is 13.2 Å². The molecule has 0 aliphatic carbocycles. The number of hydrogen-bond donors (Lipinski definition) is 1. The Hall–Kier alpha value is -3.17. The number of amides is 1. The number of sulfonamides is 1. The lowest BCUT2D eigenvalue weighted by molar-refractivity contribution is -0.141. The quantitative estimate of drug-likeness (QED) is 0.579. The van der Waals surface area contributed by atoms with Crippen molar-refractivity contribution in [2.45, 2.75) is 31.8 Å². The average molecular weight is 470 g/mol. The topological polar surface area (TPSA) is 99.8 Å². The molecule has 8 nitrogen and oxygen atoms in total. The summed E-state index contributed by atoms with van der Waals surface area (Å²) in [6, 6.07) is 14.0. The third-order valence-electron chi connectivity index (χ3n) is 5.87. The average Bonchev–Trinajstić information content (AvgIpc) is 3.24. The summed E-state index contributed by atoms with van der Waals surface area (Å²) in [6.07, 6.45) is -0.982. The highest BCUT2D eigenvalue weighted by Crippen LogP contribution is 2.22. The van der Waals surface area contributed by atoms with Crippen molar-refractivity contribution in [3.63, 3.8) is 0 Å². The van der Waals surface area contributed by atoms with E-state index in [0.717, 1.165) is 22.0 Å². The first-order valence-corrected chi connectivity index (χ1v) is 12.3. The molecule has 174 valence electrons. The normalized spacial score (nSPS) is 16.0. The van der Waals surface area contributed by atoms with Crippen LogP contribution in [0.3, 0.4) is 0 Å². The van der Waals surface area contributed by atoms with Crippen LogP contribution in [0.15, 0.2) is 53.4 Å². The van der Waals surface area contributed by atoms with Crippen molar-refractivity contribution in [3.8, 4) is 0 Å². The molecule has 1 aromatic heterocycles. The lowest BCUT2D eigenvalue weighted by Gasteiger charge is -2.35. The second-order valence-electron chi connectivity index (χ2n) is 8.32. The summed E-state index contributed by atoms with van der Waals surface area (Å²) >= 11 is 0. The number of fused-ring (bicyclic) bond motifs is 1. The maximum Gasteiger partial charge on any atom is 0.355 e. The van der Waals surface area contributed by atoms with Crippen LogP contribution in [0.4, 0.5) is 0 Å². The number of aromatic nitrogens is 1. The molecule has 0 bridgehead atoms. The van der Waals surface area contributed by atoms with Crippen molar-refractivity contribution in [1.29, 1.82) is 0 Å². The molecule has 0 saturated carbocycles. The number of aryl methyl sites for hydroxylation is 2. The first kappa shape index (κ1) is 23.0. The van der Waals surface area contributed by atoms with Crippen molar-refractivity contribution < 1.29 is 22.7 Å². The minimum atomic E-state index is -3.60. The molecule has 1 atom stereocenters. The maximum atomic E-state index is 12.8. The Morgan fingerprint density at radius 3 is 2.33 bits per heavy atom. The van der Waals surface area contributed by atoms with Crippen molar-refractivity contribution in [2.24, 2.45) is 0 Å². The van der Waals surface area contributed by atoms with E-state index >= 15 is 0 Å². The van der Waals surface area contributed by atoms with E-state index in [1.807, 2.05) is 26.0 Å². The summed E-state index contributed by atoms with van der Waals surface area (Å²) in [5.41, 5.74) is 3.26. The summed E-state index contributed by atoms with van der Waals surface area (Å²) in [6.45, 7) is 6.33. The minimum Gasteiger partial charge on any atom is -0.448 e. The van der Waals surface area contributed by atoms with E-state index in [1.54, 1.807) is 36.4 Å². The fourth-order valence-corrected chi connectivity index (χ4v) is 5.57. The molecule has 1 aliphatic rings. The monoisotopic (exact) mass is 469 g/mol. The van der Waals surface area contributed by atoms with E-state index in [1.165, 1.54) is 16.1 Å². The van der Waals surface area contributed by atoms with Crippen LogP contribution in [0.25, 0.3) is 10.9 Å². The zero-order chi connectivity index (χ0) is 23.8. The van der Waals surface area contributed by atoms with E-state index in [9.17, 15) is 18.0 Å². The van der Waals surface area contributed by atoms with Crippen LogP contribution < -0.4 is 0 Å². The molecule has 1 fully saturated rings. The molecule has 2 heterocycles. The van der Waals surface area contributed by atoms with Gasteiger partial charge < -0.3 is 14.6 Å². The number of nitrogens with one attached hydrogen (secondary N) is 1. The fourth-order valence-electron chi connectivity index (χ4n) is 4.13. The molecule has 1 saturated heterocycles. The predicted molar refractivity (Wildman–Crippen MR) is 124 cm³/mol. The number of carbonyl (C=O) groups excluding carboxylic acids is 2. The Balaban J connectivity index is 1.37. The highest BCUT2D eigenvalue weighted by molar-refractivity contribution is 7.89. The Labute approximate surface area is 193 Å². The molecular formula is C24H27N3O5S.